The van der Waals surface area contributed by atoms with Crippen LogP contribution in [-0.2, 0) is 0 Å². The molecule has 0 aromatic heterocycles. The lowest BCUT2D eigenvalue weighted by Crippen LogP contribution is -2.24. The lowest BCUT2D eigenvalue weighted by Gasteiger charge is -2.22. The first-order valence-corrected chi connectivity index (χ1v) is 8.74. The zero-order chi connectivity index (χ0) is 15.4. The maximum Gasteiger partial charge on any atom is 0.0587 e. The van der Waals surface area contributed by atoms with Gasteiger partial charge >= 0.3 is 0 Å². The monoisotopic (exact) mass is 413 g/mol. The molecule has 0 saturated carbocycles. The van der Waals surface area contributed by atoms with Gasteiger partial charge < -0.3 is 5.32 Å². The third-order valence-electron chi connectivity index (χ3n) is 3.66. The van der Waals surface area contributed by atoms with Crippen LogP contribution < -0.4 is 5.32 Å². The third-order valence-corrected chi connectivity index (χ3v) is 5.54. The van der Waals surface area contributed by atoms with Crippen molar-refractivity contribution < 1.29 is 0 Å². The highest BCUT2D eigenvalue weighted by Gasteiger charge is 2.17. The van der Waals surface area contributed by atoms with Crippen molar-refractivity contribution >= 4 is 34.2 Å². The Labute approximate surface area is 146 Å². The molecule has 21 heavy (non-hydrogen) atoms. The largest absolute Gasteiger partial charge is 0.306 e. The first-order chi connectivity index (χ1) is 10.0. The maximum absolute atomic E-state index is 6.32. The van der Waals surface area contributed by atoms with Crippen LogP contribution in [0.25, 0.3) is 0 Å². The first-order valence-electron chi connectivity index (χ1n) is 7.29. The fourth-order valence-electron chi connectivity index (χ4n) is 2.38. The van der Waals surface area contributed by atoms with E-state index in [1.54, 1.807) is 0 Å². The van der Waals surface area contributed by atoms with E-state index < -0.39 is 0 Å². The number of benzene rings is 2. The van der Waals surface area contributed by atoms with Crippen molar-refractivity contribution in [3.8, 4) is 0 Å². The number of hydrogen-bond donors (Lipinski definition) is 1. The highest BCUT2D eigenvalue weighted by molar-refractivity contribution is 14.1. The molecule has 0 spiro atoms. The number of hydrogen-bond acceptors (Lipinski definition) is 1. The van der Waals surface area contributed by atoms with Gasteiger partial charge in [-0.25, -0.2) is 0 Å². The van der Waals surface area contributed by atoms with Crippen molar-refractivity contribution in [2.75, 3.05) is 6.54 Å². The van der Waals surface area contributed by atoms with Crippen LogP contribution in [0, 0.1) is 17.4 Å². The van der Waals surface area contributed by atoms with E-state index in [-0.39, 0.29) is 6.04 Å². The van der Waals surface area contributed by atoms with Gasteiger partial charge in [0.25, 0.3) is 0 Å². The number of halogens is 2. The standard InChI is InChI=1S/C18H21ClIN/c1-4-10-21-18(14-9-8-12(2)16(19)11-14)15-7-5-6-13(3)17(15)20/h5-9,11,18,21H,4,10H2,1-3H3. The van der Waals surface area contributed by atoms with E-state index in [9.17, 15) is 0 Å². The van der Waals surface area contributed by atoms with Crippen LogP contribution in [-0.4, -0.2) is 6.54 Å². The van der Waals surface area contributed by atoms with Crippen molar-refractivity contribution in [2.45, 2.75) is 33.2 Å². The minimum absolute atomic E-state index is 0.190. The average Bonchev–Trinajstić information content (AvgIpc) is 2.47. The van der Waals surface area contributed by atoms with Gasteiger partial charge in [0, 0.05) is 8.59 Å². The molecule has 0 aliphatic heterocycles. The summed E-state index contributed by atoms with van der Waals surface area (Å²) in [6.45, 7) is 7.37. The number of nitrogens with one attached hydrogen (secondary N) is 1. The van der Waals surface area contributed by atoms with Crippen molar-refractivity contribution in [2.24, 2.45) is 0 Å². The van der Waals surface area contributed by atoms with Crippen LogP contribution in [0.4, 0.5) is 0 Å². The third kappa shape index (κ3) is 3.99. The summed E-state index contributed by atoms with van der Waals surface area (Å²) in [5, 5.41) is 4.49. The molecule has 112 valence electrons. The lowest BCUT2D eigenvalue weighted by molar-refractivity contribution is 0.596. The van der Waals surface area contributed by atoms with E-state index in [1.807, 2.05) is 6.92 Å². The molecule has 1 nitrogen and oxygen atoms in total. The predicted octanol–water partition coefficient (Wildman–Crippen LogP) is 5.65. The molecule has 1 N–H and O–H groups in total. The summed E-state index contributed by atoms with van der Waals surface area (Å²) in [6.07, 6.45) is 1.11. The van der Waals surface area contributed by atoms with Crippen LogP contribution in [0.15, 0.2) is 36.4 Å². The van der Waals surface area contributed by atoms with E-state index in [0.717, 1.165) is 23.6 Å². The molecule has 1 atom stereocenters. The lowest BCUT2D eigenvalue weighted by atomic mass is 9.96. The highest BCUT2D eigenvalue weighted by atomic mass is 127. The fraction of sp³-hybridized carbons (Fsp3) is 0.333. The Morgan fingerprint density at radius 3 is 2.57 bits per heavy atom. The molecule has 2 aromatic carbocycles. The van der Waals surface area contributed by atoms with Crippen LogP contribution in [0.2, 0.25) is 5.02 Å². The molecule has 1 unspecified atom stereocenters. The summed E-state index contributed by atoms with van der Waals surface area (Å²) in [6, 6.07) is 13.0. The number of aryl methyl sites for hydroxylation is 2. The molecule has 0 bridgehead atoms. The maximum atomic E-state index is 6.32. The van der Waals surface area contributed by atoms with Gasteiger partial charge in [0.1, 0.15) is 0 Å². The Kier molecular flexibility index (Phi) is 6.08. The summed E-state index contributed by atoms with van der Waals surface area (Å²) in [4.78, 5) is 0. The summed E-state index contributed by atoms with van der Waals surface area (Å²) in [5.74, 6) is 0. The van der Waals surface area contributed by atoms with Crippen molar-refractivity contribution in [3.05, 3.63) is 67.2 Å². The van der Waals surface area contributed by atoms with Crippen LogP contribution in [0.5, 0.6) is 0 Å². The van der Waals surface area contributed by atoms with Crippen LogP contribution >= 0.6 is 34.2 Å². The SMILES string of the molecule is CCCNC(c1ccc(C)c(Cl)c1)c1cccc(C)c1I. The van der Waals surface area contributed by atoms with Gasteiger partial charge in [0.05, 0.1) is 6.04 Å². The second-order valence-corrected chi connectivity index (χ2v) is 6.86. The van der Waals surface area contributed by atoms with Gasteiger partial charge in [-0.05, 0) is 77.7 Å². The Morgan fingerprint density at radius 1 is 1.14 bits per heavy atom. The number of rotatable bonds is 5. The Hall–Kier alpha value is -0.580. The van der Waals surface area contributed by atoms with Gasteiger partial charge in [-0.2, -0.15) is 0 Å². The Bertz CT molecular complexity index is 625. The summed E-state index contributed by atoms with van der Waals surface area (Å²) < 4.78 is 1.32. The quantitative estimate of drug-likeness (QED) is 0.625. The van der Waals surface area contributed by atoms with Gasteiger partial charge in [0.2, 0.25) is 0 Å². The zero-order valence-corrected chi connectivity index (χ0v) is 15.6. The summed E-state index contributed by atoms with van der Waals surface area (Å²) >= 11 is 8.76. The molecule has 0 fully saturated rings. The molecular weight excluding hydrogens is 393 g/mol. The van der Waals surface area contributed by atoms with Crippen LogP contribution in [0.3, 0.4) is 0 Å². The van der Waals surface area contributed by atoms with E-state index in [0.29, 0.717) is 0 Å². The minimum atomic E-state index is 0.190. The molecule has 0 aliphatic carbocycles. The van der Waals surface area contributed by atoms with Gasteiger partial charge in [0.15, 0.2) is 0 Å². The van der Waals surface area contributed by atoms with Gasteiger partial charge in [-0.1, -0.05) is 48.9 Å². The zero-order valence-electron chi connectivity index (χ0n) is 12.7. The fourth-order valence-corrected chi connectivity index (χ4v) is 3.24. The predicted molar refractivity (Wildman–Crippen MR) is 100 cm³/mol. The molecule has 3 heteroatoms. The van der Waals surface area contributed by atoms with Gasteiger partial charge in [-0.15, -0.1) is 0 Å². The summed E-state index contributed by atoms with van der Waals surface area (Å²) in [5.41, 5.74) is 4.98. The molecule has 0 amide bonds. The Balaban J connectivity index is 2.47. The Morgan fingerprint density at radius 2 is 1.90 bits per heavy atom. The smallest absolute Gasteiger partial charge is 0.0587 e. The molecular formula is C18H21ClIN. The van der Waals surface area contributed by atoms with E-state index in [1.165, 1.54) is 20.3 Å². The normalized spacial score (nSPS) is 12.4. The average molecular weight is 414 g/mol. The van der Waals surface area contributed by atoms with Crippen LogP contribution in [0.1, 0.15) is 41.6 Å². The topological polar surface area (TPSA) is 12.0 Å². The summed E-state index contributed by atoms with van der Waals surface area (Å²) in [7, 11) is 0. The molecule has 0 heterocycles. The second-order valence-electron chi connectivity index (χ2n) is 5.37. The highest BCUT2D eigenvalue weighted by Crippen LogP contribution is 2.30. The van der Waals surface area contributed by atoms with Crippen molar-refractivity contribution in [1.82, 2.24) is 5.32 Å². The van der Waals surface area contributed by atoms with E-state index in [4.69, 9.17) is 11.6 Å². The van der Waals surface area contributed by atoms with E-state index >= 15 is 0 Å². The first kappa shape index (κ1) is 16.8. The molecule has 0 radical (unpaired) electrons. The molecule has 0 aliphatic rings. The molecule has 2 rings (SSSR count). The second kappa shape index (κ2) is 7.61. The van der Waals surface area contributed by atoms with Gasteiger partial charge in [-0.3, -0.25) is 0 Å². The molecule has 0 saturated heterocycles. The minimum Gasteiger partial charge on any atom is -0.306 e. The van der Waals surface area contributed by atoms with E-state index in [2.05, 4.69) is 78.2 Å². The van der Waals surface area contributed by atoms with Crippen molar-refractivity contribution in [3.63, 3.8) is 0 Å². The van der Waals surface area contributed by atoms with Crippen molar-refractivity contribution in [1.29, 1.82) is 0 Å². The molecule has 2 aromatic rings.